The minimum Gasteiger partial charge on any atom is -0.326 e. The second kappa shape index (κ2) is 9.35. The molecule has 0 bridgehead atoms. The lowest BCUT2D eigenvalue weighted by Crippen LogP contribution is -2.35. The van der Waals surface area contributed by atoms with Gasteiger partial charge in [0, 0.05) is 25.7 Å². The molecule has 1 aromatic heterocycles. The maximum atomic E-state index is 12.7. The summed E-state index contributed by atoms with van der Waals surface area (Å²) >= 11 is 1.32. The number of hydrogen-bond donors (Lipinski definition) is 2. The molecule has 2 amide bonds. The van der Waals surface area contributed by atoms with E-state index in [2.05, 4.69) is 15.6 Å². The maximum absolute atomic E-state index is 12.7. The Labute approximate surface area is 190 Å². The first-order valence-corrected chi connectivity index (χ1v) is 12.6. The highest BCUT2D eigenvalue weighted by Gasteiger charge is 2.25. The standard InChI is InChI=1S/C22H24N4O4S2/c1-15(27)23-17-7-10-19-20(14-17)31-22(24-19)25-21(28)13-16-5-8-18(9-6-16)32(29,30)26-11-3-2-4-12-26/h5-10,14H,2-4,11-13H2,1H3,(H,23,27)(H,24,25,28). The molecule has 10 heteroatoms. The lowest BCUT2D eigenvalue weighted by atomic mass is 10.1. The third-order valence-corrected chi connectivity index (χ3v) is 8.04. The van der Waals surface area contributed by atoms with Crippen LogP contribution in [0.15, 0.2) is 47.4 Å². The van der Waals surface area contributed by atoms with Crippen LogP contribution in [0, 0.1) is 0 Å². The molecule has 0 radical (unpaired) electrons. The molecular formula is C22H24N4O4S2. The molecule has 0 aliphatic carbocycles. The highest BCUT2D eigenvalue weighted by molar-refractivity contribution is 7.89. The van der Waals surface area contributed by atoms with Crippen LogP contribution in [-0.2, 0) is 26.0 Å². The van der Waals surface area contributed by atoms with Gasteiger partial charge in [-0.25, -0.2) is 13.4 Å². The Hall–Kier alpha value is -2.82. The molecule has 0 saturated carbocycles. The first-order valence-electron chi connectivity index (χ1n) is 10.4. The number of anilines is 2. The van der Waals surface area contributed by atoms with E-state index in [0.29, 0.717) is 29.5 Å². The number of amides is 2. The number of sulfonamides is 1. The summed E-state index contributed by atoms with van der Waals surface area (Å²) < 4.78 is 27.9. The molecule has 1 aliphatic heterocycles. The van der Waals surface area contributed by atoms with E-state index in [1.165, 1.54) is 22.6 Å². The number of rotatable bonds is 6. The highest BCUT2D eigenvalue weighted by Crippen LogP contribution is 2.28. The SMILES string of the molecule is CC(=O)Nc1ccc2nc(NC(=O)Cc3ccc(S(=O)(=O)N4CCCCC4)cc3)sc2c1. The lowest BCUT2D eigenvalue weighted by molar-refractivity contribution is -0.116. The van der Waals surface area contributed by atoms with Crippen LogP contribution >= 0.6 is 11.3 Å². The summed E-state index contributed by atoms with van der Waals surface area (Å²) in [5.74, 6) is -0.394. The third kappa shape index (κ3) is 5.14. The number of fused-ring (bicyclic) bond motifs is 1. The normalized spacial score (nSPS) is 14.9. The summed E-state index contributed by atoms with van der Waals surface area (Å²) in [5.41, 5.74) is 2.12. The molecule has 8 nitrogen and oxygen atoms in total. The Morgan fingerprint density at radius 3 is 2.44 bits per heavy atom. The Morgan fingerprint density at radius 2 is 1.75 bits per heavy atom. The van der Waals surface area contributed by atoms with E-state index < -0.39 is 10.0 Å². The van der Waals surface area contributed by atoms with Crippen LogP contribution in [0.2, 0.25) is 0 Å². The summed E-state index contributed by atoms with van der Waals surface area (Å²) in [5, 5.41) is 5.98. The highest BCUT2D eigenvalue weighted by atomic mass is 32.2. The van der Waals surface area contributed by atoms with Gasteiger partial charge in [0.25, 0.3) is 0 Å². The topological polar surface area (TPSA) is 108 Å². The van der Waals surface area contributed by atoms with Crippen molar-refractivity contribution in [1.82, 2.24) is 9.29 Å². The fourth-order valence-corrected chi connectivity index (χ4v) is 6.08. The first kappa shape index (κ1) is 22.4. The zero-order valence-corrected chi connectivity index (χ0v) is 19.3. The maximum Gasteiger partial charge on any atom is 0.243 e. The Kier molecular flexibility index (Phi) is 6.54. The van der Waals surface area contributed by atoms with Crippen molar-refractivity contribution in [2.75, 3.05) is 23.7 Å². The van der Waals surface area contributed by atoms with Gasteiger partial charge in [-0.15, -0.1) is 0 Å². The molecule has 3 aromatic rings. The molecule has 1 fully saturated rings. The molecule has 32 heavy (non-hydrogen) atoms. The number of hydrogen-bond acceptors (Lipinski definition) is 6. The smallest absolute Gasteiger partial charge is 0.243 e. The van der Waals surface area contributed by atoms with Gasteiger partial charge in [-0.2, -0.15) is 4.31 Å². The fourth-order valence-electron chi connectivity index (χ4n) is 3.64. The molecule has 0 atom stereocenters. The molecule has 2 heterocycles. The number of thiazole rings is 1. The molecule has 2 N–H and O–H groups in total. The summed E-state index contributed by atoms with van der Waals surface area (Å²) in [7, 11) is -3.48. The van der Waals surface area contributed by atoms with Gasteiger partial charge in [0.05, 0.1) is 21.5 Å². The molecule has 0 spiro atoms. The second-order valence-electron chi connectivity index (χ2n) is 7.72. The van der Waals surface area contributed by atoms with Crippen LogP contribution in [0.1, 0.15) is 31.7 Å². The van der Waals surface area contributed by atoms with Crippen LogP contribution in [0.25, 0.3) is 10.2 Å². The van der Waals surface area contributed by atoms with E-state index in [1.54, 1.807) is 36.4 Å². The van der Waals surface area contributed by atoms with Crippen LogP contribution in [-0.4, -0.2) is 42.6 Å². The minimum atomic E-state index is -3.48. The van der Waals surface area contributed by atoms with Crippen LogP contribution in [0.5, 0.6) is 0 Å². The Balaban J connectivity index is 1.40. The lowest BCUT2D eigenvalue weighted by Gasteiger charge is -2.25. The van der Waals surface area contributed by atoms with E-state index in [4.69, 9.17) is 0 Å². The molecule has 168 valence electrons. The predicted octanol–water partition coefficient (Wildman–Crippen LogP) is 3.61. The number of carbonyl (C=O) groups excluding carboxylic acids is 2. The Morgan fingerprint density at radius 1 is 1.03 bits per heavy atom. The average Bonchev–Trinajstić information content (AvgIpc) is 3.15. The van der Waals surface area contributed by atoms with E-state index in [1.807, 2.05) is 6.07 Å². The van der Waals surface area contributed by atoms with Crippen molar-refractivity contribution < 1.29 is 18.0 Å². The molecule has 4 rings (SSSR count). The minimum absolute atomic E-state index is 0.108. The van der Waals surface area contributed by atoms with E-state index in [-0.39, 0.29) is 23.1 Å². The molecule has 0 unspecified atom stereocenters. The Bertz CT molecular complexity index is 1250. The molecule has 2 aromatic carbocycles. The average molecular weight is 473 g/mol. The quantitative estimate of drug-likeness (QED) is 0.570. The fraction of sp³-hybridized carbons (Fsp3) is 0.318. The van der Waals surface area contributed by atoms with Crippen molar-refractivity contribution in [2.45, 2.75) is 37.5 Å². The van der Waals surface area contributed by atoms with Crippen molar-refractivity contribution >= 4 is 54.2 Å². The van der Waals surface area contributed by atoms with Gasteiger partial charge < -0.3 is 10.6 Å². The van der Waals surface area contributed by atoms with Gasteiger partial charge in [0.15, 0.2) is 5.13 Å². The molecular weight excluding hydrogens is 448 g/mol. The summed E-state index contributed by atoms with van der Waals surface area (Å²) in [6.07, 6.45) is 2.94. The predicted molar refractivity (Wildman–Crippen MR) is 125 cm³/mol. The summed E-state index contributed by atoms with van der Waals surface area (Å²) in [4.78, 5) is 28.3. The number of carbonyl (C=O) groups is 2. The molecule has 1 saturated heterocycles. The van der Waals surface area contributed by atoms with Crippen LogP contribution < -0.4 is 10.6 Å². The van der Waals surface area contributed by atoms with E-state index >= 15 is 0 Å². The van der Waals surface area contributed by atoms with Gasteiger partial charge in [-0.3, -0.25) is 9.59 Å². The molecule has 1 aliphatic rings. The van der Waals surface area contributed by atoms with Crippen molar-refractivity contribution in [3.8, 4) is 0 Å². The number of nitrogens with one attached hydrogen (secondary N) is 2. The number of nitrogens with zero attached hydrogens (tertiary/aromatic N) is 2. The van der Waals surface area contributed by atoms with Gasteiger partial charge in [0.1, 0.15) is 0 Å². The first-order chi connectivity index (χ1) is 15.3. The van der Waals surface area contributed by atoms with Crippen molar-refractivity contribution in [2.24, 2.45) is 0 Å². The summed E-state index contributed by atoms with van der Waals surface area (Å²) in [6.45, 7) is 2.56. The number of piperidine rings is 1. The van der Waals surface area contributed by atoms with E-state index in [9.17, 15) is 18.0 Å². The number of benzene rings is 2. The largest absolute Gasteiger partial charge is 0.326 e. The number of aromatic nitrogens is 1. The van der Waals surface area contributed by atoms with Crippen LogP contribution in [0.4, 0.5) is 10.8 Å². The zero-order chi connectivity index (χ0) is 22.7. The van der Waals surface area contributed by atoms with Crippen molar-refractivity contribution in [3.05, 3.63) is 48.0 Å². The van der Waals surface area contributed by atoms with Crippen molar-refractivity contribution in [1.29, 1.82) is 0 Å². The zero-order valence-electron chi connectivity index (χ0n) is 17.6. The van der Waals surface area contributed by atoms with Gasteiger partial charge in [0.2, 0.25) is 21.8 Å². The van der Waals surface area contributed by atoms with Crippen LogP contribution in [0.3, 0.4) is 0 Å². The van der Waals surface area contributed by atoms with Gasteiger partial charge in [-0.05, 0) is 48.7 Å². The summed E-state index contributed by atoms with van der Waals surface area (Å²) in [6, 6.07) is 11.8. The van der Waals surface area contributed by atoms with Crippen molar-refractivity contribution in [3.63, 3.8) is 0 Å². The van der Waals surface area contributed by atoms with E-state index in [0.717, 1.165) is 29.5 Å². The second-order valence-corrected chi connectivity index (χ2v) is 10.7. The van der Waals surface area contributed by atoms with Gasteiger partial charge >= 0.3 is 0 Å². The third-order valence-electron chi connectivity index (χ3n) is 5.20. The monoisotopic (exact) mass is 472 g/mol. The van der Waals surface area contributed by atoms with Gasteiger partial charge in [-0.1, -0.05) is 29.9 Å².